The maximum atomic E-state index is 6.19. The van der Waals surface area contributed by atoms with E-state index in [0.29, 0.717) is 23.2 Å². The number of hydrogen-bond acceptors (Lipinski definition) is 5. The van der Waals surface area contributed by atoms with E-state index < -0.39 is 0 Å². The highest BCUT2D eigenvalue weighted by Crippen LogP contribution is 2.28. The Morgan fingerprint density at radius 1 is 1.00 bits per heavy atom. The summed E-state index contributed by atoms with van der Waals surface area (Å²) in [5, 5.41) is 3.57. The molecule has 2 unspecified atom stereocenters. The molecule has 2 atom stereocenters. The van der Waals surface area contributed by atoms with Crippen molar-refractivity contribution in [3.63, 3.8) is 0 Å². The Kier molecular flexibility index (Phi) is 5.66. The van der Waals surface area contributed by atoms with Crippen LogP contribution in [0.1, 0.15) is 32.6 Å². The summed E-state index contributed by atoms with van der Waals surface area (Å²) >= 11 is 0. The minimum absolute atomic E-state index is 0.198. The second-order valence-corrected chi connectivity index (χ2v) is 6.49. The summed E-state index contributed by atoms with van der Waals surface area (Å²) in [4.78, 5) is 0. The van der Waals surface area contributed by atoms with E-state index in [0.717, 1.165) is 24.5 Å². The molecular formula is C20H27N3O2. The molecular weight excluding hydrogens is 314 g/mol. The number of ether oxygens (including phenoxy) is 2. The summed E-state index contributed by atoms with van der Waals surface area (Å²) < 4.78 is 12.0. The van der Waals surface area contributed by atoms with Gasteiger partial charge in [0.25, 0.3) is 0 Å². The van der Waals surface area contributed by atoms with Crippen molar-refractivity contribution >= 4 is 11.4 Å². The van der Waals surface area contributed by atoms with Gasteiger partial charge in [-0.3, -0.25) is 0 Å². The molecule has 25 heavy (non-hydrogen) atoms. The van der Waals surface area contributed by atoms with Crippen molar-refractivity contribution in [2.24, 2.45) is 0 Å². The van der Waals surface area contributed by atoms with Crippen LogP contribution in [0.5, 0.6) is 17.2 Å². The molecule has 1 aliphatic heterocycles. The third-order valence-corrected chi connectivity index (χ3v) is 4.60. The smallest absolute Gasteiger partial charge is 0.129 e. The molecule has 1 fully saturated rings. The molecule has 0 radical (unpaired) electrons. The lowest BCUT2D eigenvalue weighted by Crippen LogP contribution is -2.45. The van der Waals surface area contributed by atoms with E-state index in [-0.39, 0.29) is 6.10 Å². The van der Waals surface area contributed by atoms with Crippen molar-refractivity contribution in [1.29, 1.82) is 0 Å². The fourth-order valence-electron chi connectivity index (χ4n) is 3.16. The predicted molar refractivity (Wildman–Crippen MR) is 102 cm³/mol. The van der Waals surface area contributed by atoms with Gasteiger partial charge in [0, 0.05) is 12.1 Å². The van der Waals surface area contributed by atoms with Crippen LogP contribution in [0.25, 0.3) is 0 Å². The Bertz CT molecular complexity index is 682. The number of rotatable bonds is 6. The largest absolute Gasteiger partial charge is 0.489 e. The van der Waals surface area contributed by atoms with Gasteiger partial charge in [-0.1, -0.05) is 13.3 Å². The van der Waals surface area contributed by atoms with E-state index in [1.807, 2.05) is 24.3 Å². The zero-order valence-electron chi connectivity index (χ0n) is 14.7. The van der Waals surface area contributed by atoms with Gasteiger partial charge in [0.15, 0.2) is 0 Å². The monoisotopic (exact) mass is 341 g/mol. The molecule has 0 saturated carbocycles. The standard InChI is InChI=1S/C20H27N3O2/c1-2-20(19-5-3-4-12-23-19)25-15-8-6-14(7-9-15)24-16-10-11-17(21)18(22)13-16/h6-11,13,19-20,23H,2-5,12,21-22H2,1H3. The summed E-state index contributed by atoms with van der Waals surface area (Å²) in [6.07, 6.45) is 4.90. The molecule has 0 aliphatic carbocycles. The summed E-state index contributed by atoms with van der Waals surface area (Å²) in [6, 6.07) is 13.4. The lowest BCUT2D eigenvalue weighted by molar-refractivity contribution is 0.132. The number of anilines is 2. The van der Waals surface area contributed by atoms with E-state index in [1.165, 1.54) is 19.3 Å². The third-order valence-electron chi connectivity index (χ3n) is 4.60. The Balaban J connectivity index is 1.61. The van der Waals surface area contributed by atoms with Crippen LogP contribution in [0.3, 0.4) is 0 Å². The Morgan fingerprint density at radius 2 is 1.72 bits per heavy atom. The van der Waals surface area contributed by atoms with Crippen molar-refractivity contribution in [2.75, 3.05) is 18.0 Å². The fourth-order valence-corrected chi connectivity index (χ4v) is 3.16. The normalized spacial score (nSPS) is 18.5. The number of piperidine rings is 1. The molecule has 134 valence electrons. The first-order chi connectivity index (χ1) is 12.2. The van der Waals surface area contributed by atoms with Crippen LogP contribution in [0, 0.1) is 0 Å². The minimum atomic E-state index is 0.198. The van der Waals surface area contributed by atoms with E-state index in [1.54, 1.807) is 18.2 Å². The van der Waals surface area contributed by atoms with E-state index in [4.69, 9.17) is 20.9 Å². The first-order valence-electron chi connectivity index (χ1n) is 8.98. The van der Waals surface area contributed by atoms with E-state index in [2.05, 4.69) is 12.2 Å². The summed E-state index contributed by atoms with van der Waals surface area (Å²) in [5.74, 6) is 2.27. The highest BCUT2D eigenvalue weighted by molar-refractivity contribution is 5.65. The molecule has 5 N–H and O–H groups in total. The van der Waals surface area contributed by atoms with Gasteiger partial charge < -0.3 is 26.3 Å². The maximum Gasteiger partial charge on any atom is 0.129 e. The Morgan fingerprint density at radius 3 is 2.36 bits per heavy atom. The van der Waals surface area contributed by atoms with Gasteiger partial charge in [0.05, 0.1) is 11.4 Å². The molecule has 1 heterocycles. The second kappa shape index (κ2) is 8.12. The van der Waals surface area contributed by atoms with Gasteiger partial charge in [0.1, 0.15) is 23.4 Å². The van der Waals surface area contributed by atoms with Crippen molar-refractivity contribution in [2.45, 2.75) is 44.8 Å². The molecule has 5 nitrogen and oxygen atoms in total. The molecule has 0 aromatic heterocycles. The molecule has 2 aromatic carbocycles. The number of nitrogen functional groups attached to an aromatic ring is 2. The van der Waals surface area contributed by atoms with Crippen LogP contribution in [0.15, 0.2) is 42.5 Å². The number of benzene rings is 2. The summed E-state index contributed by atoms with van der Waals surface area (Å²) in [5.41, 5.74) is 12.6. The molecule has 3 rings (SSSR count). The van der Waals surface area contributed by atoms with Crippen LogP contribution in [0.4, 0.5) is 11.4 Å². The number of nitrogens with one attached hydrogen (secondary N) is 1. The first-order valence-corrected chi connectivity index (χ1v) is 8.98. The van der Waals surface area contributed by atoms with Crippen LogP contribution in [-0.4, -0.2) is 18.7 Å². The molecule has 0 amide bonds. The maximum absolute atomic E-state index is 6.19. The lowest BCUT2D eigenvalue weighted by atomic mass is 9.98. The van der Waals surface area contributed by atoms with Crippen molar-refractivity contribution < 1.29 is 9.47 Å². The second-order valence-electron chi connectivity index (χ2n) is 6.49. The first kappa shape index (κ1) is 17.4. The van der Waals surface area contributed by atoms with E-state index >= 15 is 0 Å². The molecule has 0 bridgehead atoms. The van der Waals surface area contributed by atoms with Gasteiger partial charge >= 0.3 is 0 Å². The van der Waals surface area contributed by atoms with Crippen molar-refractivity contribution in [3.05, 3.63) is 42.5 Å². The van der Waals surface area contributed by atoms with Crippen LogP contribution >= 0.6 is 0 Å². The zero-order valence-corrected chi connectivity index (χ0v) is 14.7. The Labute approximate surface area is 149 Å². The topological polar surface area (TPSA) is 82.5 Å². The van der Waals surface area contributed by atoms with Gasteiger partial charge in [0.2, 0.25) is 0 Å². The predicted octanol–water partition coefficient (Wildman–Crippen LogP) is 3.94. The van der Waals surface area contributed by atoms with Crippen LogP contribution < -0.4 is 26.3 Å². The van der Waals surface area contributed by atoms with Gasteiger partial charge in [-0.05, 0) is 62.2 Å². The number of hydrogen-bond donors (Lipinski definition) is 3. The van der Waals surface area contributed by atoms with Gasteiger partial charge in [-0.2, -0.15) is 0 Å². The molecule has 1 saturated heterocycles. The molecule has 2 aromatic rings. The average Bonchev–Trinajstić information content (AvgIpc) is 2.65. The van der Waals surface area contributed by atoms with Crippen LogP contribution in [-0.2, 0) is 0 Å². The van der Waals surface area contributed by atoms with Gasteiger partial charge in [-0.15, -0.1) is 0 Å². The fraction of sp³-hybridized carbons (Fsp3) is 0.400. The highest BCUT2D eigenvalue weighted by Gasteiger charge is 2.23. The SMILES string of the molecule is CCC(Oc1ccc(Oc2ccc(N)c(N)c2)cc1)C1CCCCN1. The van der Waals surface area contributed by atoms with Crippen LogP contribution in [0.2, 0.25) is 0 Å². The zero-order chi connectivity index (χ0) is 17.6. The quantitative estimate of drug-likeness (QED) is 0.693. The highest BCUT2D eigenvalue weighted by atomic mass is 16.5. The van der Waals surface area contributed by atoms with Crippen molar-refractivity contribution in [3.8, 4) is 17.2 Å². The van der Waals surface area contributed by atoms with E-state index in [9.17, 15) is 0 Å². The molecule has 5 heteroatoms. The molecule has 1 aliphatic rings. The summed E-state index contributed by atoms with van der Waals surface area (Å²) in [7, 11) is 0. The molecule has 0 spiro atoms. The average molecular weight is 341 g/mol. The Hall–Kier alpha value is -2.40. The number of nitrogens with two attached hydrogens (primary N) is 2. The van der Waals surface area contributed by atoms with Crippen molar-refractivity contribution in [1.82, 2.24) is 5.32 Å². The minimum Gasteiger partial charge on any atom is -0.489 e. The third kappa shape index (κ3) is 4.57. The van der Waals surface area contributed by atoms with Gasteiger partial charge in [-0.25, -0.2) is 0 Å². The lowest BCUT2D eigenvalue weighted by Gasteiger charge is -2.31. The summed E-state index contributed by atoms with van der Waals surface area (Å²) in [6.45, 7) is 3.26.